The fourth-order valence-electron chi connectivity index (χ4n) is 1.98. The standard InChI is InChI=1S/C8H14N2O/c11-8-3-4-9-6-7-2-1-5-10(7)8/h7,9H,1-6H2. The second kappa shape index (κ2) is 2.81. The Labute approximate surface area is 66.8 Å². The van der Waals surface area contributed by atoms with Crippen molar-refractivity contribution in [3.05, 3.63) is 0 Å². The van der Waals surface area contributed by atoms with Crippen molar-refractivity contribution in [3.8, 4) is 0 Å². The number of nitrogens with one attached hydrogen (secondary N) is 1. The van der Waals surface area contributed by atoms with Crippen molar-refractivity contribution in [2.24, 2.45) is 0 Å². The number of nitrogens with zero attached hydrogens (tertiary/aromatic N) is 1. The molecule has 1 amide bonds. The molecular weight excluding hydrogens is 140 g/mol. The van der Waals surface area contributed by atoms with Crippen molar-refractivity contribution >= 4 is 5.91 Å². The maximum Gasteiger partial charge on any atom is 0.224 e. The molecule has 2 aliphatic heterocycles. The Morgan fingerprint density at radius 3 is 3.36 bits per heavy atom. The van der Waals surface area contributed by atoms with Gasteiger partial charge >= 0.3 is 0 Å². The van der Waals surface area contributed by atoms with Gasteiger partial charge in [0.2, 0.25) is 5.91 Å². The molecule has 3 nitrogen and oxygen atoms in total. The van der Waals surface area contributed by atoms with Gasteiger partial charge < -0.3 is 10.2 Å². The molecule has 11 heavy (non-hydrogen) atoms. The van der Waals surface area contributed by atoms with Gasteiger partial charge in [0.25, 0.3) is 0 Å². The average Bonchev–Trinajstić information content (AvgIpc) is 2.40. The summed E-state index contributed by atoms with van der Waals surface area (Å²) in [6.07, 6.45) is 3.08. The van der Waals surface area contributed by atoms with Gasteiger partial charge in [-0.3, -0.25) is 4.79 Å². The number of hydrogen-bond donors (Lipinski definition) is 1. The summed E-state index contributed by atoms with van der Waals surface area (Å²) in [5, 5.41) is 3.29. The summed E-state index contributed by atoms with van der Waals surface area (Å²) in [6, 6.07) is 0.505. The normalized spacial score (nSPS) is 31.8. The molecule has 1 unspecified atom stereocenters. The van der Waals surface area contributed by atoms with Crippen LogP contribution in [0.2, 0.25) is 0 Å². The molecule has 2 rings (SSSR count). The first-order chi connectivity index (χ1) is 5.38. The second-order valence-corrected chi connectivity index (χ2v) is 3.34. The fourth-order valence-corrected chi connectivity index (χ4v) is 1.98. The molecule has 0 radical (unpaired) electrons. The highest BCUT2D eigenvalue weighted by Gasteiger charge is 2.29. The third-order valence-electron chi connectivity index (χ3n) is 2.59. The van der Waals surface area contributed by atoms with Crippen LogP contribution in [0, 0.1) is 0 Å². The van der Waals surface area contributed by atoms with Gasteiger partial charge in [-0.25, -0.2) is 0 Å². The summed E-state index contributed by atoms with van der Waals surface area (Å²) in [6.45, 7) is 2.86. The zero-order valence-electron chi connectivity index (χ0n) is 6.68. The van der Waals surface area contributed by atoms with E-state index in [1.165, 1.54) is 12.8 Å². The van der Waals surface area contributed by atoms with Crippen molar-refractivity contribution in [1.29, 1.82) is 0 Å². The number of fused-ring (bicyclic) bond motifs is 1. The predicted octanol–water partition coefficient (Wildman–Crippen LogP) is -0.0293. The molecule has 0 spiro atoms. The lowest BCUT2D eigenvalue weighted by Crippen LogP contribution is -2.37. The monoisotopic (exact) mass is 154 g/mol. The van der Waals surface area contributed by atoms with Crippen LogP contribution in [-0.2, 0) is 4.79 Å². The average molecular weight is 154 g/mol. The Morgan fingerprint density at radius 1 is 1.55 bits per heavy atom. The molecule has 0 aromatic rings. The second-order valence-electron chi connectivity index (χ2n) is 3.34. The highest BCUT2D eigenvalue weighted by atomic mass is 16.2. The fraction of sp³-hybridized carbons (Fsp3) is 0.875. The maximum atomic E-state index is 11.4. The smallest absolute Gasteiger partial charge is 0.224 e. The molecule has 0 saturated carbocycles. The first kappa shape index (κ1) is 7.10. The van der Waals surface area contributed by atoms with Gasteiger partial charge in [0.15, 0.2) is 0 Å². The summed E-state index contributed by atoms with van der Waals surface area (Å²) in [7, 11) is 0. The lowest BCUT2D eigenvalue weighted by Gasteiger charge is -2.20. The lowest BCUT2D eigenvalue weighted by molar-refractivity contribution is -0.130. The number of hydrogen-bond acceptors (Lipinski definition) is 2. The summed E-state index contributed by atoms with van der Waals surface area (Å²) >= 11 is 0. The van der Waals surface area contributed by atoms with E-state index in [1.807, 2.05) is 4.90 Å². The molecule has 2 aliphatic rings. The topological polar surface area (TPSA) is 32.3 Å². The Balaban J connectivity index is 2.09. The van der Waals surface area contributed by atoms with Gasteiger partial charge in [0.1, 0.15) is 0 Å². The zero-order valence-corrected chi connectivity index (χ0v) is 6.68. The SMILES string of the molecule is O=C1CCNCC2CCCN12. The summed E-state index contributed by atoms with van der Waals surface area (Å²) in [5.74, 6) is 0.345. The zero-order chi connectivity index (χ0) is 7.68. The predicted molar refractivity (Wildman–Crippen MR) is 42.2 cm³/mol. The minimum absolute atomic E-state index is 0.345. The number of amides is 1. The summed E-state index contributed by atoms with van der Waals surface area (Å²) < 4.78 is 0. The van der Waals surface area contributed by atoms with Gasteiger partial charge in [-0.2, -0.15) is 0 Å². The quantitative estimate of drug-likeness (QED) is 0.531. The summed E-state index contributed by atoms with van der Waals surface area (Å²) in [5.41, 5.74) is 0. The highest BCUT2D eigenvalue weighted by molar-refractivity contribution is 5.77. The number of carbonyl (C=O) groups excluding carboxylic acids is 1. The van der Waals surface area contributed by atoms with E-state index >= 15 is 0 Å². The molecular formula is C8H14N2O. The molecule has 0 aromatic heterocycles. The van der Waals surface area contributed by atoms with Crippen molar-refractivity contribution in [3.63, 3.8) is 0 Å². The van der Waals surface area contributed by atoms with E-state index in [0.717, 1.165) is 19.6 Å². The van der Waals surface area contributed by atoms with E-state index in [9.17, 15) is 4.79 Å². The molecule has 2 saturated heterocycles. The maximum absolute atomic E-state index is 11.4. The van der Waals surface area contributed by atoms with E-state index in [-0.39, 0.29) is 0 Å². The van der Waals surface area contributed by atoms with Crippen LogP contribution in [0.5, 0.6) is 0 Å². The molecule has 1 N–H and O–H groups in total. The largest absolute Gasteiger partial charge is 0.338 e. The van der Waals surface area contributed by atoms with Gasteiger partial charge in [-0.1, -0.05) is 0 Å². The van der Waals surface area contributed by atoms with Crippen LogP contribution in [0.3, 0.4) is 0 Å². The van der Waals surface area contributed by atoms with E-state index in [2.05, 4.69) is 5.32 Å². The third-order valence-corrected chi connectivity index (χ3v) is 2.59. The molecule has 2 fully saturated rings. The van der Waals surface area contributed by atoms with Crippen molar-refractivity contribution in [1.82, 2.24) is 10.2 Å². The van der Waals surface area contributed by atoms with Crippen LogP contribution in [0.15, 0.2) is 0 Å². The number of carbonyl (C=O) groups is 1. The minimum Gasteiger partial charge on any atom is -0.338 e. The molecule has 62 valence electrons. The van der Waals surface area contributed by atoms with E-state index in [1.54, 1.807) is 0 Å². The van der Waals surface area contributed by atoms with Crippen molar-refractivity contribution < 1.29 is 4.79 Å². The highest BCUT2D eigenvalue weighted by Crippen LogP contribution is 2.18. The molecule has 1 atom stereocenters. The molecule has 0 aromatic carbocycles. The van der Waals surface area contributed by atoms with Crippen LogP contribution in [0.25, 0.3) is 0 Å². The van der Waals surface area contributed by atoms with Crippen LogP contribution < -0.4 is 5.32 Å². The van der Waals surface area contributed by atoms with Crippen LogP contribution >= 0.6 is 0 Å². The van der Waals surface area contributed by atoms with E-state index in [4.69, 9.17) is 0 Å². The van der Waals surface area contributed by atoms with Gasteiger partial charge in [0, 0.05) is 32.1 Å². The summed E-state index contributed by atoms with van der Waals surface area (Å²) in [4.78, 5) is 13.4. The van der Waals surface area contributed by atoms with Crippen LogP contribution in [0.1, 0.15) is 19.3 Å². The van der Waals surface area contributed by atoms with Gasteiger partial charge in [-0.05, 0) is 12.8 Å². The molecule has 2 heterocycles. The number of rotatable bonds is 0. The molecule has 3 heteroatoms. The van der Waals surface area contributed by atoms with Crippen molar-refractivity contribution in [2.75, 3.05) is 19.6 Å². The minimum atomic E-state index is 0.345. The van der Waals surface area contributed by atoms with Crippen LogP contribution in [0.4, 0.5) is 0 Å². The molecule has 0 bridgehead atoms. The first-order valence-electron chi connectivity index (χ1n) is 4.38. The first-order valence-corrected chi connectivity index (χ1v) is 4.38. The van der Waals surface area contributed by atoms with Gasteiger partial charge in [-0.15, -0.1) is 0 Å². The Kier molecular flexibility index (Phi) is 1.82. The van der Waals surface area contributed by atoms with Crippen molar-refractivity contribution in [2.45, 2.75) is 25.3 Å². The Morgan fingerprint density at radius 2 is 2.45 bits per heavy atom. The lowest BCUT2D eigenvalue weighted by atomic mass is 10.2. The van der Waals surface area contributed by atoms with Gasteiger partial charge in [0.05, 0.1) is 0 Å². The molecule has 0 aliphatic carbocycles. The Bertz CT molecular complexity index is 169. The third kappa shape index (κ3) is 1.25. The Hall–Kier alpha value is -0.570. The van der Waals surface area contributed by atoms with E-state index in [0.29, 0.717) is 18.4 Å². The van der Waals surface area contributed by atoms with E-state index < -0.39 is 0 Å². The van der Waals surface area contributed by atoms with Crippen LogP contribution in [-0.4, -0.2) is 36.5 Å².